The Hall–Kier alpha value is 0.828. The second kappa shape index (κ2) is 5.23. The predicted octanol–water partition coefficient (Wildman–Crippen LogP) is 4.91. The van der Waals surface area contributed by atoms with Gasteiger partial charge in [0.2, 0.25) is 0 Å². The van der Waals surface area contributed by atoms with Crippen molar-refractivity contribution in [2.75, 3.05) is 7.05 Å². The lowest BCUT2D eigenvalue weighted by molar-refractivity contribution is 0.296. The van der Waals surface area contributed by atoms with Gasteiger partial charge in [-0.2, -0.15) is 0 Å². The summed E-state index contributed by atoms with van der Waals surface area (Å²) in [5.74, 6) is 0. The fourth-order valence-electron chi connectivity index (χ4n) is 5.39. The van der Waals surface area contributed by atoms with E-state index in [1.165, 1.54) is 0 Å². The third kappa shape index (κ3) is 3.36. The molecule has 0 aliphatic carbocycles. The highest BCUT2D eigenvalue weighted by molar-refractivity contribution is 7.88. The second-order valence-corrected chi connectivity index (χ2v) is 50.3. The lowest BCUT2D eigenvalue weighted by Gasteiger charge is -2.64. The molecule has 0 aromatic carbocycles. The molecule has 0 N–H and O–H groups in total. The van der Waals surface area contributed by atoms with E-state index in [9.17, 15) is 0 Å². The van der Waals surface area contributed by atoms with Gasteiger partial charge in [-0.15, -0.1) is 0 Å². The quantitative estimate of drug-likeness (QED) is 0.661. The van der Waals surface area contributed by atoms with Gasteiger partial charge in [0.05, 0.1) is 22.8 Å². The largest absolute Gasteiger partial charge is 0.328 e. The molecule has 0 aliphatic heterocycles. The number of nitrogens with zero attached hydrogens (tertiary/aromatic N) is 1. The Balaban J connectivity index is 6.45. The third-order valence-corrected chi connectivity index (χ3v) is 76.0. The van der Waals surface area contributed by atoms with Crippen molar-refractivity contribution in [1.82, 2.24) is 4.57 Å². The van der Waals surface area contributed by atoms with Crippen molar-refractivity contribution in [3.8, 4) is 0 Å². The number of hydrogen-bond acceptors (Lipinski definition) is 1. The van der Waals surface area contributed by atoms with Crippen LogP contribution in [0.5, 0.6) is 0 Å². The predicted molar refractivity (Wildman–Crippen MR) is 103 cm³/mol. The van der Waals surface area contributed by atoms with Crippen molar-refractivity contribution in [3.63, 3.8) is 0 Å². The number of rotatable bonds is 4. The molecule has 0 radical (unpaired) electrons. The first-order valence-corrected chi connectivity index (χ1v) is 23.1. The molecule has 5 heteroatoms. The minimum absolute atomic E-state index is 0.313. The van der Waals surface area contributed by atoms with Gasteiger partial charge in [-0.1, -0.05) is 58.9 Å². The molecule has 0 fully saturated rings. The monoisotopic (exact) mass is 333 g/mol. The van der Waals surface area contributed by atoms with Gasteiger partial charge in [-0.25, -0.2) is 0 Å². The molecule has 0 aliphatic rings. The Morgan fingerprint density at radius 1 is 0.579 bits per heavy atom. The van der Waals surface area contributed by atoms with Gasteiger partial charge in [0.15, 0.2) is 0 Å². The topological polar surface area (TPSA) is 3.24 Å². The molecule has 0 unspecified atom stereocenters. The molecule has 0 heterocycles. The molecule has 1 nitrogen and oxygen atoms in total. The van der Waals surface area contributed by atoms with E-state index in [1.807, 2.05) is 0 Å². The van der Waals surface area contributed by atoms with Crippen LogP contribution in [0.2, 0.25) is 58.9 Å². The van der Waals surface area contributed by atoms with E-state index in [-0.39, 0.29) is 0 Å². The molecule has 0 saturated heterocycles. The van der Waals surface area contributed by atoms with E-state index in [2.05, 4.69) is 91.3 Å². The maximum absolute atomic E-state index is 2.95. The summed E-state index contributed by atoms with van der Waals surface area (Å²) >= 11 is 0. The normalized spacial score (nSPS) is 16.1. The standard InChI is InChI=1S/C14H39NSi4/c1-14(2,3)15(4)19(16(5,6)7,17(8,9)10)18(11,12)13/h1-13H3. The molecule has 0 bridgehead atoms. The van der Waals surface area contributed by atoms with E-state index in [0.717, 1.165) is 0 Å². The smallest absolute Gasteiger partial charge is 0.101 e. The van der Waals surface area contributed by atoms with Crippen molar-refractivity contribution >= 4 is 29.6 Å². The van der Waals surface area contributed by atoms with E-state index in [0.29, 0.717) is 5.54 Å². The summed E-state index contributed by atoms with van der Waals surface area (Å²) < 4.78 is 2.95. The first kappa shape index (κ1) is 19.8. The fraction of sp³-hybridized carbons (Fsp3) is 1.00. The summed E-state index contributed by atoms with van der Waals surface area (Å²) in [5, 5.41) is 0. The van der Waals surface area contributed by atoms with Crippen molar-refractivity contribution in [2.45, 2.75) is 85.2 Å². The molecule has 0 spiro atoms. The summed E-state index contributed by atoms with van der Waals surface area (Å²) in [7, 11) is -1.10. The second-order valence-electron chi connectivity index (χ2n) is 10.2. The average Bonchev–Trinajstić information content (AvgIpc) is 1.92. The average molecular weight is 334 g/mol. The molecular formula is C14H39NSi4. The van der Waals surface area contributed by atoms with Crippen molar-refractivity contribution < 1.29 is 0 Å². The van der Waals surface area contributed by atoms with Crippen LogP contribution in [0.15, 0.2) is 0 Å². The van der Waals surface area contributed by atoms with Crippen molar-refractivity contribution in [3.05, 3.63) is 0 Å². The maximum atomic E-state index is 2.95. The highest BCUT2D eigenvalue weighted by atomic mass is 29.9. The van der Waals surface area contributed by atoms with Crippen LogP contribution >= 0.6 is 0 Å². The molecule has 0 saturated carbocycles. The summed E-state index contributed by atoms with van der Waals surface area (Å²) in [4.78, 5) is 0. The van der Waals surface area contributed by atoms with Gasteiger partial charge in [-0.05, 0) is 27.8 Å². The Morgan fingerprint density at radius 2 is 0.789 bits per heavy atom. The van der Waals surface area contributed by atoms with Crippen LogP contribution in [-0.2, 0) is 0 Å². The van der Waals surface area contributed by atoms with Gasteiger partial charge >= 0.3 is 0 Å². The molecule has 0 aromatic rings. The zero-order valence-electron chi connectivity index (χ0n) is 15.9. The first-order chi connectivity index (χ1) is 7.90. The van der Waals surface area contributed by atoms with Crippen LogP contribution in [-0.4, -0.2) is 46.7 Å². The van der Waals surface area contributed by atoms with Crippen LogP contribution in [0.3, 0.4) is 0 Å². The summed E-state index contributed by atoms with van der Waals surface area (Å²) in [6.07, 6.45) is 0. The molecule has 0 aromatic heterocycles. The Labute approximate surface area is 126 Å². The molecular weight excluding hydrogens is 295 g/mol. The molecule has 0 amide bonds. The van der Waals surface area contributed by atoms with Gasteiger partial charge in [-0.3, -0.25) is 0 Å². The summed E-state index contributed by atoms with van der Waals surface area (Å²) in [6, 6.07) is 0. The van der Waals surface area contributed by atoms with Crippen molar-refractivity contribution in [2.24, 2.45) is 0 Å². The highest BCUT2D eigenvalue weighted by Gasteiger charge is 2.65. The summed E-state index contributed by atoms with van der Waals surface area (Å²) in [6.45, 7) is 29.9. The molecule has 19 heavy (non-hydrogen) atoms. The third-order valence-electron chi connectivity index (χ3n) is 4.77. The highest BCUT2D eigenvalue weighted by Crippen LogP contribution is 2.41. The molecule has 0 atom stereocenters. The zero-order valence-corrected chi connectivity index (χ0v) is 19.9. The minimum atomic E-state index is -1.39. The Morgan fingerprint density at radius 3 is 0.842 bits per heavy atom. The van der Waals surface area contributed by atoms with E-state index in [4.69, 9.17) is 0 Å². The van der Waals surface area contributed by atoms with Gasteiger partial charge in [0, 0.05) is 5.54 Å². The van der Waals surface area contributed by atoms with Crippen LogP contribution in [0.25, 0.3) is 0 Å². The zero-order chi connectivity index (χ0) is 16.1. The van der Waals surface area contributed by atoms with Gasteiger partial charge < -0.3 is 4.57 Å². The SMILES string of the molecule is CN(C(C)(C)C)[Si]([Si](C)(C)C)([Si](C)(C)C)[Si](C)(C)C. The molecule has 0 rings (SSSR count). The Bertz CT molecular complexity index is 276. The minimum Gasteiger partial charge on any atom is -0.328 e. The van der Waals surface area contributed by atoms with Crippen LogP contribution in [0.1, 0.15) is 20.8 Å². The van der Waals surface area contributed by atoms with E-state index < -0.39 is 29.6 Å². The van der Waals surface area contributed by atoms with Crippen LogP contribution < -0.4 is 0 Å². The van der Waals surface area contributed by atoms with E-state index in [1.54, 1.807) is 0 Å². The van der Waals surface area contributed by atoms with E-state index >= 15 is 0 Å². The first-order valence-electron chi connectivity index (χ1n) is 7.64. The maximum Gasteiger partial charge on any atom is 0.101 e. The lowest BCUT2D eigenvalue weighted by Crippen LogP contribution is -2.91. The van der Waals surface area contributed by atoms with Crippen LogP contribution in [0, 0.1) is 0 Å². The van der Waals surface area contributed by atoms with Crippen molar-refractivity contribution in [1.29, 1.82) is 0 Å². The Kier molecular flexibility index (Phi) is 5.46. The number of hydrogen-bond donors (Lipinski definition) is 0. The van der Waals surface area contributed by atoms with Crippen LogP contribution in [0.4, 0.5) is 0 Å². The lowest BCUT2D eigenvalue weighted by atomic mass is 10.1. The fourth-order valence-corrected chi connectivity index (χ4v) is 109. The molecule has 116 valence electrons. The van der Waals surface area contributed by atoms with Gasteiger partial charge in [0.1, 0.15) is 6.79 Å². The summed E-state index contributed by atoms with van der Waals surface area (Å²) in [5.41, 5.74) is 0.313. The van der Waals surface area contributed by atoms with Gasteiger partial charge in [0.25, 0.3) is 0 Å².